The van der Waals surface area contributed by atoms with E-state index in [1.165, 1.54) is 0 Å². The van der Waals surface area contributed by atoms with Gasteiger partial charge in [0.2, 0.25) is 0 Å². The predicted molar refractivity (Wildman–Crippen MR) is 68.3 cm³/mol. The third kappa shape index (κ3) is 2.04. The van der Waals surface area contributed by atoms with Crippen molar-refractivity contribution < 1.29 is 14.6 Å². The number of fused-ring (bicyclic) bond motifs is 1. The number of carboxylic acid groups (broad SMARTS) is 1. The van der Waals surface area contributed by atoms with Gasteiger partial charge in [-0.1, -0.05) is 6.07 Å². The number of aliphatic carboxylic acids is 1. The van der Waals surface area contributed by atoms with E-state index in [1.54, 1.807) is 0 Å². The third-order valence-corrected chi connectivity index (χ3v) is 3.70. The van der Waals surface area contributed by atoms with Gasteiger partial charge in [-0.15, -0.1) is 0 Å². The molecular weight excluding hydrogens is 248 g/mol. The van der Waals surface area contributed by atoms with Gasteiger partial charge in [0.15, 0.2) is 0 Å². The number of carboxylic acids is 1. The van der Waals surface area contributed by atoms with Crippen molar-refractivity contribution >= 4 is 17.0 Å². The highest BCUT2D eigenvalue weighted by atomic mass is 16.5. The molecule has 0 unspecified atom stereocenters. The van der Waals surface area contributed by atoms with Crippen molar-refractivity contribution in [3.05, 3.63) is 34.2 Å². The number of carbonyl (C=O) groups is 1. The van der Waals surface area contributed by atoms with Crippen LogP contribution in [0.25, 0.3) is 11.0 Å². The number of benzene rings is 1. The van der Waals surface area contributed by atoms with Crippen LogP contribution in [0.1, 0.15) is 18.4 Å². The predicted octanol–water partition coefficient (Wildman–Crippen LogP) is 0.989. The molecule has 0 spiro atoms. The van der Waals surface area contributed by atoms with E-state index in [2.05, 4.69) is 9.97 Å². The fourth-order valence-electron chi connectivity index (χ4n) is 2.51. The fraction of sp³-hybridized carbons (Fsp3) is 0.385. The highest BCUT2D eigenvalue weighted by Gasteiger charge is 2.40. The second kappa shape index (κ2) is 4.24. The molecule has 0 bridgehead atoms. The number of aromatic amines is 2. The summed E-state index contributed by atoms with van der Waals surface area (Å²) in [5, 5.41) is 8.83. The number of hydrogen-bond acceptors (Lipinski definition) is 3. The van der Waals surface area contributed by atoms with Gasteiger partial charge in [-0.3, -0.25) is 4.79 Å². The van der Waals surface area contributed by atoms with Gasteiger partial charge in [0.1, 0.15) is 0 Å². The Balaban J connectivity index is 1.96. The molecule has 1 saturated heterocycles. The quantitative estimate of drug-likeness (QED) is 0.765. The molecule has 1 aliphatic rings. The van der Waals surface area contributed by atoms with Gasteiger partial charge in [0, 0.05) is 11.8 Å². The molecule has 0 aliphatic carbocycles. The van der Waals surface area contributed by atoms with Crippen molar-refractivity contribution in [2.24, 2.45) is 0 Å². The van der Waals surface area contributed by atoms with Crippen LogP contribution in [0.4, 0.5) is 0 Å². The summed E-state index contributed by atoms with van der Waals surface area (Å²) in [5.41, 5.74) is 2.03. The van der Waals surface area contributed by atoms with Crippen molar-refractivity contribution in [3.8, 4) is 0 Å². The molecule has 6 heteroatoms. The Hall–Kier alpha value is -2.08. The number of ether oxygens (including phenoxy) is 1. The Kier molecular flexibility index (Phi) is 2.67. The summed E-state index contributed by atoms with van der Waals surface area (Å²) in [6.07, 6.45) is 0.660. The number of nitrogens with one attached hydrogen (secondary N) is 2. The van der Waals surface area contributed by atoms with E-state index < -0.39 is 5.97 Å². The Morgan fingerprint density at radius 2 is 2.05 bits per heavy atom. The Bertz CT molecular complexity index is 681. The van der Waals surface area contributed by atoms with Crippen LogP contribution < -0.4 is 5.69 Å². The minimum atomic E-state index is -0.803. The van der Waals surface area contributed by atoms with Gasteiger partial charge in [0.25, 0.3) is 0 Å². The molecule has 19 heavy (non-hydrogen) atoms. The van der Waals surface area contributed by atoms with E-state index >= 15 is 0 Å². The van der Waals surface area contributed by atoms with Gasteiger partial charge >= 0.3 is 11.7 Å². The molecule has 1 aromatic carbocycles. The number of H-pyrrole nitrogens is 2. The largest absolute Gasteiger partial charge is 0.481 e. The van der Waals surface area contributed by atoms with E-state index in [4.69, 9.17) is 9.84 Å². The molecular formula is C13H14N2O4. The van der Waals surface area contributed by atoms with Gasteiger partial charge in [-0.05, 0) is 24.1 Å². The highest BCUT2D eigenvalue weighted by Crippen LogP contribution is 2.37. The highest BCUT2D eigenvalue weighted by molar-refractivity contribution is 5.75. The van der Waals surface area contributed by atoms with Gasteiger partial charge in [-0.25, -0.2) is 4.79 Å². The summed E-state index contributed by atoms with van der Waals surface area (Å²) >= 11 is 0. The van der Waals surface area contributed by atoms with Crippen LogP contribution in [0.2, 0.25) is 0 Å². The SMILES string of the molecule is O=C(O)CCC1(c2ccc3[nH]c(=O)[nH]c3c2)COC1. The molecule has 2 aromatic rings. The molecule has 1 aromatic heterocycles. The lowest BCUT2D eigenvalue weighted by Gasteiger charge is -2.42. The van der Waals surface area contributed by atoms with Crippen LogP contribution in [-0.4, -0.2) is 34.3 Å². The smallest absolute Gasteiger partial charge is 0.323 e. The first kappa shape index (κ1) is 12.0. The van der Waals surface area contributed by atoms with E-state index in [1.807, 2.05) is 18.2 Å². The molecule has 0 atom stereocenters. The monoisotopic (exact) mass is 262 g/mol. The summed E-state index contributed by atoms with van der Waals surface area (Å²) < 4.78 is 5.27. The summed E-state index contributed by atoms with van der Waals surface area (Å²) in [5.74, 6) is -0.803. The van der Waals surface area contributed by atoms with Crippen molar-refractivity contribution in [3.63, 3.8) is 0 Å². The van der Waals surface area contributed by atoms with Gasteiger partial charge in [-0.2, -0.15) is 0 Å². The maximum absolute atomic E-state index is 11.2. The van der Waals surface area contributed by atoms with Crippen LogP contribution >= 0.6 is 0 Å². The zero-order valence-electron chi connectivity index (χ0n) is 10.2. The van der Waals surface area contributed by atoms with Crippen LogP contribution in [-0.2, 0) is 14.9 Å². The molecule has 100 valence electrons. The van der Waals surface area contributed by atoms with Crippen LogP contribution in [0.15, 0.2) is 23.0 Å². The Morgan fingerprint density at radius 1 is 1.32 bits per heavy atom. The first-order valence-electron chi connectivity index (χ1n) is 6.11. The van der Waals surface area contributed by atoms with Gasteiger partial charge in [0.05, 0.1) is 24.2 Å². The zero-order valence-corrected chi connectivity index (χ0v) is 10.2. The first-order valence-corrected chi connectivity index (χ1v) is 6.11. The molecule has 0 amide bonds. The van der Waals surface area contributed by atoms with E-state index in [0.29, 0.717) is 19.6 Å². The molecule has 0 radical (unpaired) electrons. The molecule has 3 N–H and O–H groups in total. The lowest BCUT2D eigenvalue weighted by molar-refractivity contribution is -0.139. The second-order valence-electron chi connectivity index (χ2n) is 5.01. The molecule has 0 saturated carbocycles. The minimum absolute atomic E-state index is 0.116. The molecule has 2 heterocycles. The summed E-state index contributed by atoms with van der Waals surface area (Å²) in [7, 11) is 0. The lowest BCUT2D eigenvalue weighted by Crippen LogP contribution is -2.47. The van der Waals surface area contributed by atoms with Crippen molar-refractivity contribution in [1.82, 2.24) is 9.97 Å². The Labute approximate surface area is 108 Å². The van der Waals surface area contributed by atoms with Crippen LogP contribution in [0, 0.1) is 0 Å². The van der Waals surface area contributed by atoms with Crippen LogP contribution in [0.3, 0.4) is 0 Å². The summed E-state index contributed by atoms with van der Waals surface area (Å²) in [6, 6.07) is 5.66. The summed E-state index contributed by atoms with van der Waals surface area (Å²) in [4.78, 5) is 27.4. The average molecular weight is 262 g/mol. The van der Waals surface area contributed by atoms with Crippen molar-refractivity contribution in [1.29, 1.82) is 0 Å². The van der Waals surface area contributed by atoms with Crippen LogP contribution in [0.5, 0.6) is 0 Å². The minimum Gasteiger partial charge on any atom is -0.481 e. The first-order chi connectivity index (χ1) is 9.09. The van der Waals surface area contributed by atoms with E-state index in [-0.39, 0.29) is 17.5 Å². The zero-order chi connectivity index (χ0) is 13.5. The van der Waals surface area contributed by atoms with Crippen molar-refractivity contribution in [2.75, 3.05) is 13.2 Å². The van der Waals surface area contributed by atoms with Crippen molar-refractivity contribution in [2.45, 2.75) is 18.3 Å². The fourth-order valence-corrected chi connectivity index (χ4v) is 2.51. The maximum atomic E-state index is 11.2. The summed E-state index contributed by atoms with van der Waals surface area (Å²) in [6.45, 7) is 1.06. The molecule has 1 aliphatic heterocycles. The number of imidazole rings is 1. The standard InChI is InChI=1S/C13H14N2O4/c16-11(17)3-4-13(6-19-7-13)8-1-2-9-10(5-8)15-12(18)14-9/h1-2,5H,3-4,6-7H2,(H,16,17)(H2,14,15,18). The Morgan fingerprint density at radius 3 is 2.68 bits per heavy atom. The number of rotatable bonds is 4. The lowest BCUT2D eigenvalue weighted by atomic mass is 9.75. The van der Waals surface area contributed by atoms with E-state index in [9.17, 15) is 9.59 Å². The molecule has 6 nitrogen and oxygen atoms in total. The second-order valence-corrected chi connectivity index (χ2v) is 5.01. The number of aromatic nitrogens is 2. The molecule has 1 fully saturated rings. The normalized spacial score (nSPS) is 17.3. The number of hydrogen-bond donors (Lipinski definition) is 3. The average Bonchev–Trinajstić information content (AvgIpc) is 2.66. The maximum Gasteiger partial charge on any atom is 0.323 e. The topological polar surface area (TPSA) is 95.2 Å². The van der Waals surface area contributed by atoms with E-state index in [0.717, 1.165) is 16.6 Å². The molecule has 3 rings (SSSR count). The van der Waals surface area contributed by atoms with Gasteiger partial charge < -0.3 is 19.8 Å². The third-order valence-electron chi connectivity index (χ3n) is 3.70.